The summed E-state index contributed by atoms with van der Waals surface area (Å²) in [6.45, 7) is 8.34. The summed E-state index contributed by atoms with van der Waals surface area (Å²) >= 11 is 6.57. The molecule has 0 bridgehead atoms. The number of hydrogen-bond acceptors (Lipinski definition) is 11. The quantitative estimate of drug-likeness (QED) is 0.179. The van der Waals surface area contributed by atoms with Crippen molar-refractivity contribution in [3.63, 3.8) is 0 Å². The minimum absolute atomic E-state index is 0.00928. The molecule has 0 aliphatic carbocycles. The van der Waals surface area contributed by atoms with Gasteiger partial charge in [0.25, 0.3) is 5.91 Å². The van der Waals surface area contributed by atoms with Crippen molar-refractivity contribution in [1.82, 2.24) is 30.1 Å². The number of carbonyl (C=O) groups is 4. The van der Waals surface area contributed by atoms with E-state index in [0.29, 0.717) is 67.9 Å². The summed E-state index contributed by atoms with van der Waals surface area (Å²) in [7, 11) is 1.19. The first-order chi connectivity index (χ1) is 28.9. The van der Waals surface area contributed by atoms with Crippen molar-refractivity contribution >= 4 is 46.9 Å². The van der Waals surface area contributed by atoms with Gasteiger partial charge < -0.3 is 49.3 Å². The Morgan fingerprint density at radius 2 is 1.64 bits per heavy atom. The predicted molar refractivity (Wildman–Crippen MR) is 216 cm³/mol. The van der Waals surface area contributed by atoms with Crippen LogP contribution in [0.1, 0.15) is 49.4 Å². The number of pyridine rings is 1. The highest BCUT2D eigenvalue weighted by molar-refractivity contribution is 6.34. The standard InChI is InChI=1S/C41H44ClF3N8O8/c1-39(2,3)37(56)52-13-11-51(12-14-52)33-10-9-26(20-46-33)36(55)50-29-18-32(61-41(43,44)45)27(17-28(29)42)24-5-7-25(8-6-24)30-21-47-35(49-30)31-19-40(59-15-16-60-40)23-53(31)34(54)22-48-38(57)58-4/h5-10,17-18,20-21,31H,11-16,19,22-23H2,1-4H3,(H,47,49)(H,48,57)(H,50,55). The van der Waals surface area contributed by atoms with E-state index in [1.54, 1.807) is 42.6 Å². The van der Waals surface area contributed by atoms with Crippen molar-refractivity contribution in [3.8, 4) is 28.1 Å². The number of ether oxygens (including phenoxy) is 4. The van der Waals surface area contributed by atoms with Crippen LogP contribution >= 0.6 is 11.6 Å². The van der Waals surface area contributed by atoms with Crippen LogP contribution in [-0.2, 0) is 23.8 Å². The van der Waals surface area contributed by atoms with Crippen LogP contribution in [0.25, 0.3) is 22.4 Å². The molecule has 0 saturated carbocycles. The molecule has 1 unspecified atom stereocenters. The Morgan fingerprint density at radius 1 is 0.951 bits per heavy atom. The topological polar surface area (TPSA) is 181 Å². The van der Waals surface area contributed by atoms with Crippen molar-refractivity contribution in [3.05, 3.63) is 77.3 Å². The van der Waals surface area contributed by atoms with Gasteiger partial charge in [-0.1, -0.05) is 56.6 Å². The van der Waals surface area contributed by atoms with Crippen molar-refractivity contribution in [2.75, 3.05) is 69.8 Å². The first-order valence-corrected chi connectivity index (χ1v) is 19.8. The van der Waals surface area contributed by atoms with Gasteiger partial charge in [0.2, 0.25) is 11.8 Å². The Morgan fingerprint density at radius 3 is 2.26 bits per heavy atom. The zero-order valence-corrected chi connectivity index (χ0v) is 34.5. The van der Waals surface area contributed by atoms with Crippen LogP contribution in [0.5, 0.6) is 5.75 Å². The molecule has 5 heterocycles. The lowest BCUT2D eigenvalue weighted by molar-refractivity contribution is -0.274. The number of aromatic amines is 1. The number of rotatable bonds is 9. The van der Waals surface area contributed by atoms with E-state index < -0.39 is 47.3 Å². The highest BCUT2D eigenvalue weighted by Crippen LogP contribution is 2.43. The van der Waals surface area contributed by atoms with Crippen LogP contribution in [0.4, 0.5) is 29.5 Å². The third-order valence-corrected chi connectivity index (χ3v) is 10.8. The normalized spacial score (nSPS) is 17.7. The summed E-state index contributed by atoms with van der Waals surface area (Å²) in [6.07, 6.45) is -2.62. The van der Waals surface area contributed by atoms with Crippen LogP contribution in [0.2, 0.25) is 5.02 Å². The smallest absolute Gasteiger partial charge is 0.453 e. The molecule has 16 nitrogen and oxygen atoms in total. The molecular formula is C41H44ClF3N8O8. The summed E-state index contributed by atoms with van der Waals surface area (Å²) in [5.74, 6) is -1.56. The number of methoxy groups -OCH3 is 1. The van der Waals surface area contributed by atoms with Crippen molar-refractivity contribution in [1.29, 1.82) is 0 Å². The fraction of sp³-hybridized carbons (Fsp3) is 0.415. The van der Waals surface area contributed by atoms with Crippen molar-refractivity contribution in [2.24, 2.45) is 5.41 Å². The molecule has 4 amide bonds. The minimum atomic E-state index is -5.07. The number of likely N-dealkylation sites (tertiary alicyclic amines) is 1. The van der Waals surface area contributed by atoms with E-state index in [2.05, 4.69) is 35.1 Å². The molecule has 3 N–H and O–H groups in total. The van der Waals surface area contributed by atoms with Crippen molar-refractivity contribution < 1.29 is 51.3 Å². The van der Waals surface area contributed by atoms with Crippen LogP contribution in [0.3, 0.4) is 0 Å². The molecule has 20 heteroatoms. The highest BCUT2D eigenvalue weighted by atomic mass is 35.5. The number of anilines is 2. The third kappa shape index (κ3) is 9.84. The molecule has 324 valence electrons. The van der Waals surface area contributed by atoms with Gasteiger partial charge in [0.1, 0.15) is 23.9 Å². The molecule has 61 heavy (non-hydrogen) atoms. The van der Waals surface area contributed by atoms with Crippen LogP contribution in [0, 0.1) is 5.41 Å². The number of carbonyl (C=O) groups excluding carboxylic acids is 4. The van der Waals surface area contributed by atoms with Crippen LogP contribution in [-0.4, -0.2) is 120 Å². The number of amides is 4. The first kappa shape index (κ1) is 43.2. The summed E-state index contributed by atoms with van der Waals surface area (Å²) in [6, 6.07) is 11.4. The maximum Gasteiger partial charge on any atom is 0.573 e. The van der Waals surface area contributed by atoms with Crippen molar-refractivity contribution in [2.45, 2.75) is 45.4 Å². The second-order valence-electron chi connectivity index (χ2n) is 15.7. The second kappa shape index (κ2) is 17.2. The molecule has 2 aromatic heterocycles. The lowest BCUT2D eigenvalue weighted by Gasteiger charge is -2.38. The average Bonchev–Trinajstić information content (AvgIpc) is 4.00. The molecule has 1 atom stereocenters. The lowest BCUT2D eigenvalue weighted by Crippen LogP contribution is -2.51. The van der Waals surface area contributed by atoms with E-state index in [1.807, 2.05) is 30.6 Å². The number of imidazole rings is 1. The number of H-pyrrole nitrogens is 1. The minimum Gasteiger partial charge on any atom is -0.453 e. The van der Waals surface area contributed by atoms with Gasteiger partial charge in [-0.3, -0.25) is 14.4 Å². The van der Waals surface area contributed by atoms with Gasteiger partial charge in [0.15, 0.2) is 5.79 Å². The number of piperazine rings is 1. The Kier molecular flexibility index (Phi) is 12.2. The molecule has 3 aliphatic rings. The number of nitrogens with zero attached hydrogens (tertiary/aromatic N) is 5. The SMILES string of the molecule is COC(=O)NCC(=O)N1CC2(CC1c1ncc(-c3ccc(-c4cc(Cl)c(NC(=O)c5ccc(N6CCN(C(=O)C(C)(C)C)CC6)nc5)cc4OC(F)(F)F)cc3)[nH]1)OCCO2. The zero-order chi connectivity index (χ0) is 43.7. The number of nitrogens with one attached hydrogen (secondary N) is 3. The van der Waals surface area contributed by atoms with Gasteiger partial charge in [0.05, 0.1) is 61.1 Å². The van der Waals surface area contributed by atoms with Gasteiger partial charge in [-0.2, -0.15) is 0 Å². The van der Waals surface area contributed by atoms with Crippen LogP contribution < -0.4 is 20.3 Å². The second-order valence-corrected chi connectivity index (χ2v) is 16.1. The molecule has 7 rings (SSSR count). The Hall–Kier alpha value is -5.92. The van der Waals surface area contributed by atoms with E-state index in [1.165, 1.54) is 24.3 Å². The molecule has 0 radical (unpaired) electrons. The van der Waals surface area contributed by atoms with Crippen LogP contribution in [0.15, 0.2) is 60.9 Å². The summed E-state index contributed by atoms with van der Waals surface area (Å²) in [5.41, 5.74) is 1.06. The zero-order valence-electron chi connectivity index (χ0n) is 33.7. The van der Waals surface area contributed by atoms with E-state index in [0.717, 1.165) is 6.07 Å². The van der Waals surface area contributed by atoms with Gasteiger partial charge in [-0.25, -0.2) is 14.8 Å². The summed E-state index contributed by atoms with van der Waals surface area (Å²) < 4.78 is 61.9. The van der Waals surface area contributed by atoms with Gasteiger partial charge in [-0.15, -0.1) is 13.2 Å². The Balaban J connectivity index is 1.05. The monoisotopic (exact) mass is 868 g/mol. The Labute approximate surface area is 353 Å². The fourth-order valence-corrected chi connectivity index (χ4v) is 7.66. The number of alkyl carbamates (subject to hydrolysis) is 1. The average molecular weight is 869 g/mol. The third-order valence-electron chi connectivity index (χ3n) is 10.5. The lowest BCUT2D eigenvalue weighted by atomic mass is 9.94. The molecular weight excluding hydrogens is 825 g/mol. The predicted octanol–water partition coefficient (Wildman–Crippen LogP) is 6.01. The number of hydrogen-bond donors (Lipinski definition) is 3. The largest absolute Gasteiger partial charge is 0.573 e. The van der Waals surface area contributed by atoms with E-state index in [4.69, 9.17) is 21.1 Å². The number of benzene rings is 2. The van der Waals surface area contributed by atoms with E-state index in [9.17, 15) is 32.3 Å². The Bertz CT molecular complexity index is 2270. The molecule has 2 aromatic carbocycles. The van der Waals surface area contributed by atoms with Gasteiger partial charge in [-0.05, 0) is 29.3 Å². The number of halogens is 4. The number of aromatic nitrogens is 3. The molecule has 3 aliphatic heterocycles. The highest BCUT2D eigenvalue weighted by Gasteiger charge is 2.51. The molecule has 3 saturated heterocycles. The van der Waals surface area contributed by atoms with E-state index in [-0.39, 0.29) is 47.3 Å². The molecule has 1 spiro atoms. The van der Waals surface area contributed by atoms with Gasteiger partial charge in [0, 0.05) is 55.8 Å². The number of alkyl halides is 3. The molecule has 4 aromatic rings. The summed E-state index contributed by atoms with van der Waals surface area (Å²) in [4.78, 5) is 68.3. The maximum atomic E-state index is 13.7. The summed E-state index contributed by atoms with van der Waals surface area (Å²) in [5, 5.41) is 4.91. The maximum absolute atomic E-state index is 13.7. The van der Waals surface area contributed by atoms with Gasteiger partial charge >= 0.3 is 12.5 Å². The first-order valence-electron chi connectivity index (χ1n) is 19.4. The van der Waals surface area contributed by atoms with E-state index >= 15 is 0 Å². The fourth-order valence-electron chi connectivity index (χ4n) is 7.45. The molecule has 3 fully saturated rings.